The molecule has 18 nitrogen and oxygen atoms in total. The maximum Gasteiger partial charge on any atom is 0.371 e. The Balaban J connectivity index is 2.03. The molecule has 0 atom stereocenters. The van der Waals surface area contributed by atoms with Gasteiger partial charge >= 0.3 is 5.97 Å². The zero-order valence-corrected chi connectivity index (χ0v) is 36.8. The molecular weight excluding hydrogens is 821 g/mol. The maximum atomic E-state index is 13.2. The SMILES string of the molecule is COCCOCCOCCOCCOCCOCCOCCSCC(CSCCOCCOCCOCCOCCOCCOCCOC)C(=O)c1ccc(C(=O)O)o1. The molecule has 59 heavy (non-hydrogen) atoms. The average Bonchev–Trinajstić information content (AvgIpc) is 3.75. The van der Waals surface area contributed by atoms with Gasteiger partial charge in [0.1, 0.15) is 0 Å². The van der Waals surface area contributed by atoms with Gasteiger partial charge in [-0.25, -0.2) is 4.79 Å². The molecule has 0 aliphatic carbocycles. The van der Waals surface area contributed by atoms with E-state index in [-0.39, 0.29) is 23.2 Å². The fourth-order valence-corrected chi connectivity index (χ4v) is 6.42. The summed E-state index contributed by atoms with van der Waals surface area (Å²) in [6, 6.07) is 2.72. The number of rotatable bonds is 49. The summed E-state index contributed by atoms with van der Waals surface area (Å²) in [5.74, 6) is 0.430. The number of hydrogen-bond donors (Lipinski definition) is 1. The number of carbonyl (C=O) groups is 2. The molecule has 1 heterocycles. The van der Waals surface area contributed by atoms with E-state index in [1.807, 2.05) is 0 Å². The topological polar surface area (TPSA) is 197 Å². The summed E-state index contributed by atoms with van der Waals surface area (Å²) in [5.41, 5.74) is 0. The smallest absolute Gasteiger partial charge is 0.371 e. The second-order valence-electron chi connectivity index (χ2n) is 12.0. The number of ketones is 1. The van der Waals surface area contributed by atoms with Crippen LogP contribution in [0.1, 0.15) is 21.1 Å². The van der Waals surface area contributed by atoms with Crippen molar-refractivity contribution >= 4 is 35.3 Å². The van der Waals surface area contributed by atoms with Gasteiger partial charge in [-0.3, -0.25) is 4.79 Å². The molecule has 0 saturated carbocycles. The molecule has 1 aromatic heterocycles. The van der Waals surface area contributed by atoms with Crippen LogP contribution in [0.5, 0.6) is 0 Å². The van der Waals surface area contributed by atoms with E-state index >= 15 is 0 Å². The molecule has 1 aromatic rings. The molecule has 0 aliphatic rings. The first-order chi connectivity index (χ1) is 29.1. The Morgan fingerprint density at radius 2 is 0.695 bits per heavy atom. The van der Waals surface area contributed by atoms with E-state index in [4.69, 9.17) is 70.7 Å². The first-order valence-corrected chi connectivity index (χ1v) is 22.3. The maximum absolute atomic E-state index is 13.2. The van der Waals surface area contributed by atoms with E-state index in [1.165, 1.54) is 12.1 Å². The molecule has 0 spiro atoms. The number of aromatic carboxylic acids is 1. The largest absolute Gasteiger partial charge is 0.475 e. The lowest BCUT2D eigenvalue weighted by atomic mass is 10.1. The van der Waals surface area contributed by atoms with E-state index in [0.29, 0.717) is 195 Å². The number of ether oxygens (including phenoxy) is 14. The van der Waals surface area contributed by atoms with Crippen molar-refractivity contribution in [2.24, 2.45) is 5.92 Å². The van der Waals surface area contributed by atoms with E-state index < -0.39 is 5.97 Å². The Morgan fingerprint density at radius 1 is 0.441 bits per heavy atom. The number of carboxylic acid groups (broad SMARTS) is 1. The standard InChI is InChI=1S/C39H70O18S2/c1-43-5-7-45-9-11-47-13-15-49-17-19-51-21-23-53-25-27-55-29-31-58-33-35(38(40)36-3-4-37(57-36)39(41)42)34-59-32-30-56-28-26-54-24-22-52-20-18-50-16-14-48-12-10-46-8-6-44-2/h3-4,35H,5-34H2,1-2H3,(H,41,42). The molecule has 0 saturated heterocycles. The van der Waals surface area contributed by atoms with Crippen molar-refractivity contribution in [3.8, 4) is 0 Å². The zero-order chi connectivity index (χ0) is 42.5. The van der Waals surface area contributed by atoms with Gasteiger partial charge in [0.25, 0.3) is 0 Å². The van der Waals surface area contributed by atoms with Crippen molar-refractivity contribution in [3.05, 3.63) is 23.7 Å². The molecular formula is C39H70O18S2. The predicted octanol–water partition coefficient (Wildman–Crippen LogP) is 2.74. The third-order valence-electron chi connectivity index (χ3n) is 7.40. The summed E-state index contributed by atoms with van der Waals surface area (Å²) >= 11 is 3.19. The molecule has 0 fully saturated rings. The Morgan fingerprint density at radius 3 is 0.949 bits per heavy atom. The lowest BCUT2D eigenvalue weighted by molar-refractivity contribution is -0.0186. The van der Waals surface area contributed by atoms with Crippen LogP contribution in [0.25, 0.3) is 0 Å². The second kappa shape index (κ2) is 44.6. The normalized spacial score (nSPS) is 11.6. The first-order valence-electron chi connectivity index (χ1n) is 20.0. The second-order valence-corrected chi connectivity index (χ2v) is 14.3. The summed E-state index contributed by atoms with van der Waals surface area (Å²) in [7, 11) is 3.27. The van der Waals surface area contributed by atoms with Crippen molar-refractivity contribution in [2.45, 2.75) is 0 Å². The molecule has 0 unspecified atom stereocenters. The first kappa shape index (κ1) is 55.6. The van der Waals surface area contributed by atoms with Gasteiger partial charge in [-0.05, 0) is 12.1 Å². The number of furan rings is 1. The molecule has 0 aliphatic heterocycles. The van der Waals surface area contributed by atoms with E-state index in [0.717, 1.165) is 0 Å². The molecule has 0 radical (unpaired) electrons. The Bertz CT molecular complexity index is 1010. The van der Waals surface area contributed by atoms with Crippen LogP contribution in [-0.2, 0) is 66.3 Å². The van der Waals surface area contributed by atoms with Crippen molar-refractivity contribution in [1.82, 2.24) is 0 Å². The van der Waals surface area contributed by atoms with Crippen LogP contribution in [0.15, 0.2) is 16.5 Å². The summed E-state index contributed by atoms with van der Waals surface area (Å²) in [5, 5.41) is 9.21. The highest BCUT2D eigenvalue weighted by molar-refractivity contribution is 8.00. The molecule has 1 rings (SSSR count). The molecule has 0 amide bonds. The molecule has 346 valence electrons. The van der Waals surface area contributed by atoms with Gasteiger partial charge in [0.15, 0.2) is 5.76 Å². The third-order valence-corrected chi connectivity index (χ3v) is 9.58. The highest BCUT2D eigenvalue weighted by atomic mass is 32.2. The van der Waals surface area contributed by atoms with Gasteiger partial charge in [0.2, 0.25) is 11.5 Å². The fourth-order valence-electron chi connectivity index (χ4n) is 4.36. The highest BCUT2D eigenvalue weighted by Crippen LogP contribution is 2.21. The van der Waals surface area contributed by atoms with Gasteiger partial charge in [-0.1, -0.05) is 0 Å². The van der Waals surface area contributed by atoms with Gasteiger partial charge in [0, 0.05) is 43.1 Å². The monoisotopic (exact) mass is 890 g/mol. The Kier molecular flexibility index (Phi) is 42.0. The lowest BCUT2D eigenvalue weighted by Crippen LogP contribution is -2.21. The molecule has 0 bridgehead atoms. The Labute approximate surface area is 358 Å². The van der Waals surface area contributed by atoms with E-state index in [2.05, 4.69) is 0 Å². The van der Waals surface area contributed by atoms with Crippen LogP contribution in [0.2, 0.25) is 0 Å². The minimum Gasteiger partial charge on any atom is -0.475 e. The Hall–Kier alpha value is -1.44. The van der Waals surface area contributed by atoms with Crippen LogP contribution in [-0.4, -0.2) is 226 Å². The van der Waals surface area contributed by atoms with E-state index in [1.54, 1.807) is 37.7 Å². The average molecular weight is 891 g/mol. The van der Waals surface area contributed by atoms with Gasteiger partial charge in [-0.2, -0.15) is 23.5 Å². The number of thioether (sulfide) groups is 2. The number of hydrogen-bond acceptors (Lipinski definition) is 19. The lowest BCUT2D eigenvalue weighted by Gasteiger charge is -2.14. The minimum absolute atomic E-state index is 0.0469. The van der Waals surface area contributed by atoms with Gasteiger partial charge < -0.3 is 75.8 Å². The summed E-state index contributed by atoms with van der Waals surface area (Å²) in [6.45, 7) is 12.9. The number of carbonyl (C=O) groups excluding carboxylic acids is 1. The minimum atomic E-state index is -1.22. The van der Waals surface area contributed by atoms with Crippen LogP contribution < -0.4 is 0 Å². The van der Waals surface area contributed by atoms with Gasteiger partial charge in [0.05, 0.1) is 172 Å². The highest BCUT2D eigenvalue weighted by Gasteiger charge is 2.24. The van der Waals surface area contributed by atoms with Crippen molar-refractivity contribution < 1.29 is 85.4 Å². The van der Waals surface area contributed by atoms with Gasteiger partial charge in [-0.15, -0.1) is 0 Å². The van der Waals surface area contributed by atoms with E-state index in [9.17, 15) is 14.7 Å². The van der Waals surface area contributed by atoms with Crippen LogP contribution in [0, 0.1) is 5.92 Å². The number of methoxy groups -OCH3 is 2. The molecule has 20 heteroatoms. The molecule has 0 aromatic carbocycles. The zero-order valence-electron chi connectivity index (χ0n) is 35.1. The van der Waals surface area contributed by atoms with Crippen LogP contribution >= 0.6 is 23.5 Å². The summed E-state index contributed by atoms with van der Waals surface area (Å²) in [6.07, 6.45) is 0. The van der Waals surface area contributed by atoms with Crippen molar-refractivity contribution in [3.63, 3.8) is 0 Å². The van der Waals surface area contributed by atoms with Crippen LogP contribution in [0.3, 0.4) is 0 Å². The van der Waals surface area contributed by atoms with Crippen molar-refractivity contribution in [2.75, 3.05) is 209 Å². The fraction of sp³-hybridized carbons (Fsp3) is 0.846. The summed E-state index contributed by atoms with van der Waals surface area (Å²) in [4.78, 5) is 24.5. The third kappa shape index (κ3) is 36.9. The quantitative estimate of drug-likeness (QED) is 0.0740. The number of carboxylic acids is 1. The summed E-state index contributed by atoms with van der Waals surface area (Å²) < 4.78 is 80.9. The number of Topliss-reactive ketones (excluding diaryl/α,β-unsaturated/α-hetero) is 1. The predicted molar refractivity (Wildman–Crippen MR) is 222 cm³/mol. The van der Waals surface area contributed by atoms with Crippen LogP contribution in [0.4, 0.5) is 0 Å². The molecule has 1 N–H and O–H groups in total. The van der Waals surface area contributed by atoms with Crippen molar-refractivity contribution in [1.29, 1.82) is 0 Å².